The third-order valence-electron chi connectivity index (χ3n) is 7.00. The fraction of sp³-hybridized carbons (Fsp3) is 0.520. The van der Waals surface area contributed by atoms with Crippen molar-refractivity contribution in [2.75, 3.05) is 0 Å². The smallest absolute Gasteiger partial charge is 0.335 e. The van der Waals surface area contributed by atoms with Gasteiger partial charge in [0.2, 0.25) is 0 Å². The molecule has 0 aromatic heterocycles. The summed E-state index contributed by atoms with van der Waals surface area (Å²) in [6, 6.07) is 6.69. The molecule has 0 spiro atoms. The van der Waals surface area contributed by atoms with Crippen molar-refractivity contribution in [1.29, 1.82) is 0 Å². The SMILES string of the molecule is C=CCC1(C(O)CC=C[C@H]2C(O)CC(=O)[C@@H]2CCc2ccc(C(=O)O)cc2)CCC1. The van der Waals surface area contributed by atoms with Crippen LogP contribution in [-0.4, -0.2) is 39.3 Å². The highest BCUT2D eigenvalue weighted by atomic mass is 16.4. The van der Waals surface area contributed by atoms with E-state index in [2.05, 4.69) is 6.58 Å². The molecule has 0 amide bonds. The quantitative estimate of drug-likeness (QED) is 0.506. The first-order chi connectivity index (χ1) is 14.4. The maximum absolute atomic E-state index is 12.4. The van der Waals surface area contributed by atoms with Crippen molar-refractivity contribution in [3.63, 3.8) is 0 Å². The highest BCUT2D eigenvalue weighted by molar-refractivity contribution is 5.87. The minimum absolute atomic E-state index is 0.0578. The van der Waals surface area contributed by atoms with Crippen LogP contribution in [0.1, 0.15) is 60.9 Å². The molecule has 1 aromatic rings. The number of carbonyl (C=O) groups excluding carboxylic acids is 1. The zero-order chi connectivity index (χ0) is 21.7. The Bertz CT molecular complexity index is 790. The summed E-state index contributed by atoms with van der Waals surface area (Å²) in [5.74, 6) is -1.38. The van der Waals surface area contributed by atoms with Crippen LogP contribution >= 0.6 is 0 Å². The lowest BCUT2D eigenvalue weighted by Crippen LogP contribution is -2.40. The zero-order valence-corrected chi connectivity index (χ0v) is 17.4. The van der Waals surface area contributed by atoms with E-state index >= 15 is 0 Å². The number of carboxylic acids is 1. The van der Waals surface area contributed by atoms with E-state index in [1.807, 2.05) is 18.2 Å². The van der Waals surface area contributed by atoms with Gasteiger partial charge in [-0.15, -0.1) is 6.58 Å². The van der Waals surface area contributed by atoms with Crippen molar-refractivity contribution in [3.05, 3.63) is 60.2 Å². The standard InChI is InChI=1S/C25H32O5/c1-2-13-25(14-4-15-25)23(28)6-3-5-19-20(22(27)16-21(19)26)12-9-17-7-10-18(11-8-17)24(29)30/h2-3,5,7-8,10-11,19-21,23,26,28H,1,4,6,9,12-16H2,(H,29,30)/t19-,20-,21?,23?/m1/s1. The van der Waals surface area contributed by atoms with Crippen molar-refractivity contribution >= 4 is 11.8 Å². The lowest BCUT2D eigenvalue weighted by Gasteiger charge is -2.45. The lowest BCUT2D eigenvalue weighted by atomic mass is 9.62. The van der Waals surface area contributed by atoms with E-state index in [0.717, 1.165) is 31.2 Å². The predicted octanol–water partition coefficient (Wildman–Crippen LogP) is 3.94. The Morgan fingerprint density at radius 1 is 1.27 bits per heavy atom. The summed E-state index contributed by atoms with van der Waals surface area (Å²) >= 11 is 0. The number of aliphatic hydroxyl groups is 2. The van der Waals surface area contributed by atoms with Crippen LogP contribution in [0.5, 0.6) is 0 Å². The molecule has 0 bridgehead atoms. The number of hydrogen-bond acceptors (Lipinski definition) is 4. The topological polar surface area (TPSA) is 94.8 Å². The highest BCUT2D eigenvalue weighted by Crippen LogP contribution is 2.48. The van der Waals surface area contributed by atoms with Crippen LogP contribution in [0.15, 0.2) is 49.1 Å². The number of carbonyl (C=O) groups is 2. The number of benzene rings is 1. The summed E-state index contributed by atoms with van der Waals surface area (Å²) in [7, 11) is 0. The molecule has 4 atom stereocenters. The molecule has 1 aromatic carbocycles. The monoisotopic (exact) mass is 412 g/mol. The summed E-state index contributed by atoms with van der Waals surface area (Å²) in [4.78, 5) is 23.4. The van der Waals surface area contributed by atoms with Crippen LogP contribution in [0.3, 0.4) is 0 Å². The number of aromatic carboxylic acids is 1. The van der Waals surface area contributed by atoms with E-state index in [1.54, 1.807) is 24.3 Å². The fourth-order valence-electron chi connectivity index (χ4n) is 4.93. The largest absolute Gasteiger partial charge is 0.478 e. The summed E-state index contributed by atoms with van der Waals surface area (Å²) in [5.41, 5.74) is 1.16. The lowest BCUT2D eigenvalue weighted by molar-refractivity contribution is -0.121. The van der Waals surface area contributed by atoms with Gasteiger partial charge in [0.1, 0.15) is 5.78 Å². The molecule has 0 heterocycles. The second-order valence-electron chi connectivity index (χ2n) is 8.85. The van der Waals surface area contributed by atoms with E-state index in [9.17, 15) is 19.8 Å². The van der Waals surface area contributed by atoms with Gasteiger partial charge in [-0.3, -0.25) is 4.79 Å². The average Bonchev–Trinajstić information content (AvgIpc) is 2.95. The summed E-state index contributed by atoms with van der Waals surface area (Å²) in [6.07, 6.45) is 10.5. The van der Waals surface area contributed by atoms with Crippen LogP contribution in [0.4, 0.5) is 0 Å². The van der Waals surface area contributed by atoms with Gasteiger partial charge in [0.15, 0.2) is 0 Å². The molecule has 3 rings (SSSR count). The van der Waals surface area contributed by atoms with Gasteiger partial charge in [0.05, 0.1) is 17.8 Å². The Hall–Kier alpha value is -2.24. The number of allylic oxidation sites excluding steroid dienone is 1. The van der Waals surface area contributed by atoms with E-state index < -0.39 is 18.2 Å². The maximum atomic E-state index is 12.4. The molecule has 0 saturated heterocycles. The fourth-order valence-corrected chi connectivity index (χ4v) is 4.93. The molecule has 30 heavy (non-hydrogen) atoms. The Kier molecular flexibility index (Phi) is 7.27. The van der Waals surface area contributed by atoms with E-state index in [0.29, 0.717) is 19.3 Å². The highest BCUT2D eigenvalue weighted by Gasteiger charge is 2.42. The van der Waals surface area contributed by atoms with Gasteiger partial charge in [-0.25, -0.2) is 4.79 Å². The zero-order valence-electron chi connectivity index (χ0n) is 17.4. The predicted molar refractivity (Wildman–Crippen MR) is 115 cm³/mol. The number of aliphatic hydroxyl groups excluding tert-OH is 2. The molecule has 2 fully saturated rings. The van der Waals surface area contributed by atoms with Crippen molar-refractivity contribution in [3.8, 4) is 0 Å². The third kappa shape index (κ3) is 4.90. The number of rotatable bonds is 10. The minimum atomic E-state index is -0.959. The van der Waals surface area contributed by atoms with Gasteiger partial charge in [0, 0.05) is 23.7 Å². The normalized spacial score (nSPS) is 26.5. The number of ketones is 1. The summed E-state index contributed by atoms with van der Waals surface area (Å²) in [5, 5.41) is 30.0. The van der Waals surface area contributed by atoms with Crippen LogP contribution < -0.4 is 0 Å². The van der Waals surface area contributed by atoms with Gasteiger partial charge in [-0.1, -0.05) is 36.8 Å². The number of carboxylic acid groups (broad SMARTS) is 1. The molecule has 0 radical (unpaired) electrons. The van der Waals surface area contributed by atoms with Crippen LogP contribution in [0.2, 0.25) is 0 Å². The second-order valence-corrected chi connectivity index (χ2v) is 8.85. The Morgan fingerprint density at radius 3 is 2.53 bits per heavy atom. The van der Waals surface area contributed by atoms with Crippen molar-refractivity contribution in [2.45, 2.75) is 63.6 Å². The molecule has 0 aliphatic heterocycles. The van der Waals surface area contributed by atoms with Crippen molar-refractivity contribution in [1.82, 2.24) is 0 Å². The number of aryl methyl sites for hydroxylation is 1. The molecule has 3 N–H and O–H groups in total. The van der Waals surface area contributed by atoms with E-state index in [-0.39, 0.29) is 35.0 Å². The maximum Gasteiger partial charge on any atom is 0.335 e. The van der Waals surface area contributed by atoms with Gasteiger partial charge in [-0.05, 0) is 56.2 Å². The molecule has 2 unspecified atom stereocenters. The van der Waals surface area contributed by atoms with Gasteiger partial charge < -0.3 is 15.3 Å². The van der Waals surface area contributed by atoms with E-state index in [4.69, 9.17) is 5.11 Å². The molecule has 5 nitrogen and oxygen atoms in total. The molecule has 2 aliphatic carbocycles. The van der Waals surface area contributed by atoms with Gasteiger partial charge >= 0.3 is 5.97 Å². The Labute approximate surface area is 178 Å². The van der Waals surface area contributed by atoms with Gasteiger partial charge in [-0.2, -0.15) is 0 Å². The Morgan fingerprint density at radius 2 is 1.97 bits per heavy atom. The minimum Gasteiger partial charge on any atom is -0.478 e. The van der Waals surface area contributed by atoms with Crippen LogP contribution in [0, 0.1) is 17.3 Å². The first kappa shape index (κ1) is 22.4. The number of Topliss-reactive ketones (excluding diaryl/α,β-unsaturated/α-hetero) is 1. The summed E-state index contributed by atoms with van der Waals surface area (Å²) < 4.78 is 0. The first-order valence-electron chi connectivity index (χ1n) is 10.8. The molecule has 2 aliphatic rings. The van der Waals surface area contributed by atoms with Gasteiger partial charge in [0.25, 0.3) is 0 Å². The van der Waals surface area contributed by atoms with Crippen molar-refractivity contribution in [2.24, 2.45) is 17.3 Å². The first-order valence-corrected chi connectivity index (χ1v) is 10.8. The number of hydrogen-bond donors (Lipinski definition) is 3. The molecule has 2 saturated carbocycles. The molecular formula is C25H32O5. The Balaban J connectivity index is 1.58. The molecular weight excluding hydrogens is 380 g/mol. The average molecular weight is 413 g/mol. The third-order valence-corrected chi connectivity index (χ3v) is 7.00. The summed E-state index contributed by atoms with van der Waals surface area (Å²) in [6.45, 7) is 3.81. The second kappa shape index (κ2) is 9.71. The van der Waals surface area contributed by atoms with E-state index in [1.165, 1.54) is 0 Å². The van der Waals surface area contributed by atoms with Crippen LogP contribution in [-0.2, 0) is 11.2 Å². The van der Waals surface area contributed by atoms with Crippen molar-refractivity contribution < 1.29 is 24.9 Å². The molecule has 5 heteroatoms. The molecule has 162 valence electrons. The van der Waals surface area contributed by atoms with Crippen LogP contribution in [0.25, 0.3) is 0 Å².